The van der Waals surface area contributed by atoms with Crippen molar-refractivity contribution < 1.29 is 9.53 Å². The molecule has 1 aliphatic heterocycles. The number of carbonyl (C=O) groups excluding carboxylic acids is 1. The number of aromatic nitrogens is 3. The van der Waals surface area contributed by atoms with Gasteiger partial charge in [-0.15, -0.1) is 0 Å². The number of likely N-dealkylation sites (tertiary alicyclic amines) is 1. The number of nitrogens with zero attached hydrogens (tertiary/aromatic N) is 3. The standard InChI is InChI=1S/C17H22N4O2/c1-12-18-17(20-19-12)14-7-5-11-21(14)16(22)10-9-13-6-3-4-8-15(13)23-2/h3-4,6,8,14H,5,7,9-11H2,1-2H3,(H,18,19,20)/t14-/m0/s1. The van der Waals surface area contributed by atoms with Crippen LogP contribution in [0.15, 0.2) is 24.3 Å². The highest BCUT2D eigenvalue weighted by Gasteiger charge is 2.32. The van der Waals surface area contributed by atoms with Crippen LogP contribution in [0.2, 0.25) is 0 Å². The molecule has 6 nitrogen and oxygen atoms in total. The number of hydrogen-bond donors (Lipinski definition) is 1. The third kappa shape index (κ3) is 3.36. The number of amides is 1. The lowest BCUT2D eigenvalue weighted by atomic mass is 10.1. The summed E-state index contributed by atoms with van der Waals surface area (Å²) in [6, 6.07) is 7.84. The largest absolute Gasteiger partial charge is 0.496 e. The van der Waals surface area contributed by atoms with Gasteiger partial charge in [0.05, 0.1) is 13.2 Å². The van der Waals surface area contributed by atoms with E-state index >= 15 is 0 Å². The van der Waals surface area contributed by atoms with Gasteiger partial charge in [-0.2, -0.15) is 5.10 Å². The van der Waals surface area contributed by atoms with Crippen molar-refractivity contribution in [1.82, 2.24) is 20.1 Å². The Bertz CT molecular complexity index is 683. The first-order valence-electron chi connectivity index (χ1n) is 7.99. The van der Waals surface area contributed by atoms with E-state index in [1.807, 2.05) is 36.1 Å². The van der Waals surface area contributed by atoms with E-state index in [0.29, 0.717) is 12.8 Å². The molecule has 1 N–H and O–H groups in total. The fraction of sp³-hybridized carbons (Fsp3) is 0.471. The molecular weight excluding hydrogens is 292 g/mol. The Balaban J connectivity index is 1.65. The summed E-state index contributed by atoms with van der Waals surface area (Å²) in [6.07, 6.45) is 3.08. The van der Waals surface area contributed by atoms with Crippen molar-refractivity contribution >= 4 is 5.91 Å². The number of ether oxygens (including phenoxy) is 1. The predicted octanol–water partition coefficient (Wildman–Crippen LogP) is 2.42. The van der Waals surface area contributed by atoms with E-state index in [9.17, 15) is 4.79 Å². The van der Waals surface area contributed by atoms with Crippen LogP contribution in [0.1, 0.15) is 42.5 Å². The van der Waals surface area contributed by atoms with E-state index in [-0.39, 0.29) is 11.9 Å². The van der Waals surface area contributed by atoms with E-state index in [1.165, 1.54) is 0 Å². The maximum atomic E-state index is 12.6. The molecule has 2 heterocycles. The number of para-hydroxylation sites is 1. The molecule has 0 radical (unpaired) electrons. The van der Waals surface area contributed by atoms with Gasteiger partial charge >= 0.3 is 0 Å². The van der Waals surface area contributed by atoms with Crippen molar-refractivity contribution in [3.63, 3.8) is 0 Å². The molecule has 0 spiro atoms. The normalized spacial score (nSPS) is 17.5. The predicted molar refractivity (Wildman–Crippen MR) is 86.1 cm³/mol. The highest BCUT2D eigenvalue weighted by molar-refractivity contribution is 5.77. The Labute approximate surface area is 135 Å². The van der Waals surface area contributed by atoms with Gasteiger partial charge in [0.25, 0.3) is 0 Å². The third-order valence-corrected chi connectivity index (χ3v) is 4.29. The Kier molecular flexibility index (Phi) is 4.60. The third-order valence-electron chi connectivity index (χ3n) is 4.29. The number of carbonyl (C=O) groups is 1. The second-order valence-corrected chi connectivity index (χ2v) is 5.84. The fourth-order valence-corrected chi connectivity index (χ4v) is 3.14. The molecule has 122 valence electrons. The SMILES string of the molecule is COc1ccccc1CCC(=O)N1CCC[C@H]1c1n[nH]c(C)n1. The summed E-state index contributed by atoms with van der Waals surface area (Å²) in [5.74, 6) is 2.50. The van der Waals surface area contributed by atoms with Gasteiger partial charge in [-0.05, 0) is 37.8 Å². The average Bonchev–Trinajstić information content (AvgIpc) is 3.21. The Morgan fingerprint density at radius 1 is 1.43 bits per heavy atom. The van der Waals surface area contributed by atoms with Crippen molar-refractivity contribution in [2.45, 2.75) is 38.6 Å². The molecule has 1 aromatic heterocycles. The zero-order chi connectivity index (χ0) is 16.2. The molecule has 1 atom stereocenters. The Morgan fingerprint density at radius 2 is 2.26 bits per heavy atom. The molecule has 0 aliphatic carbocycles. The van der Waals surface area contributed by atoms with Gasteiger partial charge in [-0.25, -0.2) is 4.98 Å². The van der Waals surface area contributed by atoms with Crippen LogP contribution in [-0.4, -0.2) is 39.6 Å². The molecule has 1 fully saturated rings. The summed E-state index contributed by atoms with van der Waals surface area (Å²) < 4.78 is 5.35. The highest BCUT2D eigenvalue weighted by atomic mass is 16.5. The minimum absolute atomic E-state index is 0.00474. The summed E-state index contributed by atoms with van der Waals surface area (Å²) in [6.45, 7) is 2.66. The number of aryl methyl sites for hydroxylation is 2. The summed E-state index contributed by atoms with van der Waals surface area (Å²) in [5.41, 5.74) is 1.06. The number of H-pyrrole nitrogens is 1. The van der Waals surface area contributed by atoms with E-state index in [4.69, 9.17) is 4.74 Å². The quantitative estimate of drug-likeness (QED) is 0.920. The number of methoxy groups -OCH3 is 1. The maximum Gasteiger partial charge on any atom is 0.223 e. The second-order valence-electron chi connectivity index (χ2n) is 5.84. The van der Waals surface area contributed by atoms with E-state index in [2.05, 4.69) is 15.2 Å². The van der Waals surface area contributed by atoms with Gasteiger partial charge < -0.3 is 9.64 Å². The first-order chi connectivity index (χ1) is 11.2. The lowest BCUT2D eigenvalue weighted by molar-refractivity contribution is -0.132. The number of benzene rings is 1. The molecule has 3 rings (SSSR count). The second kappa shape index (κ2) is 6.81. The van der Waals surface area contributed by atoms with Crippen molar-refractivity contribution in [1.29, 1.82) is 0 Å². The van der Waals surface area contributed by atoms with Crippen LogP contribution in [-0.2, 0) is 11.2 Å². The molecule has 1 amide bonds. The zero-order valence-corrected chi connectivity index (χ0v) is 13.6. The number of hydrogen-bond acceptors (Lipinski definition) is 4. The molecule has 2 aromatic rings. The van der Waals surface area contributed by atoms with Gasteiger partial charge in [-0.3, -0.25) is 9.89 Å². The van der Waals surface area contributed by atoms with Crippen LogP contribution in [0.4, 0.5) is 0 Å². The topological polar surface area (TPSA) is 71.1 Å². The lowest BCUT2D eigenvalue weighted by Gasteiger charge is -2.22. The van der Waals surface area contributed by atoms with Crippen molar-refractivity contribution in [3.8, 4) is 5.75 Å². The number of aromatic amines is 1. The highest BCUT2D eigenvalue weighted by Crippen LogP contribution is 2.30. The minimum Gasteiger partial charge on any atom is -0.496 e. The summed E-state index contributed by atoms with van der Waals surface area (Å²) in [4.78, 5) is 18.9. The van der Waals surface area contributed by atoms with Crippen LogP contribution in [0.5, 0.6) is 5.75 Å². The molecule has 1 aromatic carbocycles. The van der Waals surface area contributed by atoms with E-state index in [0.717, 1.165) is 42.3 Å². The molecule has 6 heteroatoms. The van der Waals surface area contributed by atoms with Gasteiger partial charge in [-0.1, -0.05) is 18.2 Å². The molecule has 0 saturated carbocycles. The van der Waals surface area contributed by atoms with Gasteiger partial charge in [0, 0.05) is 13.0 Å². The molecule has 1 aliphatic rings. The minimum atomic E-state index is 0.00474. The summed E-state index contributed by atoms with van der Waals surface area (Å²) in [5, 5.41) is 7.09. The van der Waals surface area contributed by atoms with Crippen LogP contribution < -0.4 is 4.74 Å². The molecule has 0 bridgehead atoms. The van der Waals surface area contributed by atoms with Crippen LogP contribution >= 0.6 is 0 Å². The van der Waals surface area contributed by atoms with Crippen LogP contribution in [0.25, 0.3) is 0 Å². The fourth-order valence-electron chi connectivity index (χ4n) is 3.14. The van der Waals surface area contributed by atoms with E-state index in [1.54, 1.807) is 7.11 Å². The van der Waals surface area contributed by atoms with Gasteiger partial charge in [0.2, 0.25) is 5.91 Å². The first kappa shape index (κ1) is 15.5. The number of nitrogens with one attached hydrogen (secondary N) is 1. The monoisotopic (exact) mass is 314 g/mol. The first-order valence-corrected chi connectivity index (χ1v) is 7.99. The maximum absolute atomic E-state index is 12.6. The zero-order valence-electron chi connectivity index (χ0n) is 13.6. The van der Waals surface area contributed by atoms with Crippen molar-refractivity contribution in [3.05, 3.63) is 41.5 Å². The van der Waals surface area contributed by atoms with E-state index < -0.39 is 0 Å². The van der Waals surface area contributed by atoms with Gasteiger partial charge in [0.15, 0.2) is 5.82 Å². The Morgan fingerprint density at radius 3 is 3.00 bits per heavy atom. The van der Waals surface area contributed by atoms with Crippen LogP contribution in [0, 0.1) is 6.92 Å². The summed E-state index contributed by atoms with van der Waals surface area (Å²) in [7, 11) is 1.66. The van der Waals surface area contributed by atoms with Crippen molar-refractivity contribution in [2.24, 2.45) is 0 Å². The Hall–Kier alpha value is -2.37. The van der Waals surface area contributed by atoms with Crippen molar-refractivity contribution in [2.75, 3.05) is 13.7 Å². The van der Waals surface area contributed by atoms with Gasteiger partial charge in [0.1, 0.15) is 11.6 Å². The molecule has 1 saturated heterocycles. The smallest absolute Gasteiger partial charge is 0.223 e. The molecular formula is C17H22N4O2. The molecule has 0 unspecified atom stereocenters. The van der Waals surface area contributed by atoms with Crippen LogP contribution in [0.3, 0.4) is 0 Å². The lowest BCUT2D eigenvalue weighted by Crippen LogP contribution is -2.31. The average molecular weight is 314 g/mol. The summed E-state index contributed by atoms with van der Waals surface area (Å²) >= 11 is 0. The number of rotatable bonds is 5. The molecule has 23 heavy (non-hydrogen) atoms.